The van der Waals surface area contributed by atoms with Crippen molar-refractivity contribution in [3.05, 3.63) is 77.9 Å². The number of hydrogen-bond donors (Lipinski definition) is 2. The Hall–Kier alpha value is -3.37. The molecule has 0 aliphatic rings. The predicted molar refractivity (Wildman–Crippen MR) is 109 cm³/mol. The summed E-state index contributed by atoms with van der Waals surface area (Å²) in [5.74, 6) is -0.583. The van der Waals surface area contributed by atoms with Crippen molar-refractivity contribution >= 4 is 21.6 Å². The predicted octanol–water partition coefficient (Wildman–Crippen LogP) is 4.28. The van der Waals surface area contributed by atoms with Crippen LogP contribution in [0, 0.1) is 0 Å². The number of halogens is 3. The van der Waals surface area contributed by atoms with E-state index in [0.29, 0.717) is 5.56 Å². The van der Waals surface area contributed by atoms with Crippen molar-refractivity contribution in [3.63, 3.8) is 0 Å². The Balaban J connectivity index is 1.84. The third-order valence-electron chi connectivity index (χ3n) is 4.42. The molecular weight excluding hydrogens is 433 g/mol. The van der Waals surface area contributed by atoms with Crippen LogP contribution in [0.4, 0.5) is 18.9 Å². The molecule has 0 spiro atoms. The number of methoxy groups -OCH3 is 1. The van der Waals surface area contributed by atoms with Gasteiger partial charge >= 0.3 is 6.18 Å². The van der Waals surface area contributed by atoms with E-state index >= 15 is 0 Å². The topological polar surface area (TPSA) is 98.5 Å². The second-order valence-corrected chi connectivity index (χ2v) is 8.02. The average molecular weight is 450 g/mol. The number of benzene rings is 3. The molecule has 3 aromatic carbocycles. The van der Waals surface area contributed by atoms with E-state index in [1.165, 1.54) is 67.8 Å². The van der Waals surface area contributed by atoms with Crippen LogP contribution < -0.4 is 15.2 Å². The summed E-state index contributed by atoms with van der Waals surface area (Å²) in [6.45, 7) is 0. The largest absolute Gasteiger partial charge is 0.495 e. The summed E-state index contributed by atoms with van der Waals surface area (Å²) in [6, 6.07) is 14.6. The Morgan fingerprint density at radius 1 is 1.00 bits per heavy atom. The Bertz CT molecular complexity index is 1220. The van der Waals surface area contributed by atoms with Crippen LogP contribution in [-0.4, -0.2) is 21.4 Å². The van der Waals surface area contributed by atoms with Gasteiger partial charge in [0.25, 0.3) is 5.91 Å². The SMILES string of the molecule is COc1cc(NC(=O)c2ccc(-c3ccccc3C(F)(F)F)cc2)ccc1S(N)(=O)=O. The van der Waals surface area contributed by atoms with Crippen LogP contribution in [0.2, 0.25) is 0 Å². The lowest BCUT2D eigenvalue weighted by molar-refractivity contribution is -0.137. The van der Waals surface area contributed by atoms with Crippen molar-refractivity contribution in [3.8, 4) is 16.9 Å². The number of hydrogen-bond acceptors (Lipinski definition) is 4. The molecular formula is C21H17F3N2O4S. The third kappa shape index (κ3) is 5.04. The minimum Gasteiger partial charge on any atom is -0.495 e. The third-order valence-corrected chi connectivity index (χ3v) is 5.37. The summed E-state index contributed by atoms with van der Waals surface area (Å²) in [4.78, 5) is 12.3. The lowest BCUT2D eigenvalue weighted by atomic mass is 9.98. The minimum atomic E-state index is -4.51. The van der Waals surface area contributed by atoms with E-state index < -0.39 is 27.7 Å². The van der Waals surface area contributed by atoms with Gasteiger partial charge in [-0.1, -0.05) is 30.3 Å². The molecule has 31 heavy (non-hydrogen) atoms. The van der Waals surface area contributed by atoms with Crippen molar-refractivity contribution < 1.29 is 31.1 Å². The fourth-order valence-electron chi connectivity index (χ4n) is 2.97. The van der Waals surface area contributed by atoms with Crippen molar-refractivity contribution in [2.45, 2.75) is 11.1 Å². The molecule has 0 heterocycles. The van der Waals surface area contributed by atoms with Gasteiger partial charge in [0, 0.05) is 17.3 Å². The van der Waals surface area contributed by atoms with E-state index in [1.54, 1.807) is 0 Å². The Kier molecular flexibility index (Phi) is 6.05. The first kappa shape index (κ1) is 22.3. The zero-order valence-corrected chi connectivity index (χ0v) is 16.9. The summed E-state index contributed by atoms with van der Waals surface area (Å²) in [7, 11) is -2.75. The first-order valence-electron chi connectivity index (χ1n) is 8.79. The van der Waals surface area contributed by atoms with E-state index in [-0.39, 0.29) is 27.5 Å². The number of ether oxygens (including phenoxy) is 1. The normalized spacial score (nSPS) is 11.8. The van der Waals surface area contributed by atoms with E-state index in [9.17, 15) is 26.4 Å². The van der Waals surface area contributed by atoms with Gasteiger partial charge in [0.1, 0.15) is 10.6 Å². The quantitative estimate of drug-likeness (QED) is 0.606. The van der Waals surface area contributed by atoms with Gasteiger partial charge in [-0.25, -0.2) is 13.6 Å². The second kappa shape index (κ2) is 8.40. The zero-order chi connectivity index (χ0) is 22.8. The Morgan fingerprint density at radius 3 is 2.23 bits per heavy atom. The fourth-order valence-corrected chi connectivity index (χ4v) is 3.65. The number of nitrogens with two attached hydrogens (primary N) is 1. The number of nitrogens with one attached hydrogen (secondary N) is 1. The molecule has 0 radical (unpaired) electrons. The van der Waals surface area contributed by atoms with E-state index in [4.69, 9.17) is 9.88 Å². The maximum atomic E-state index is 13.2. The molecule has 0 fully saturated rings. The summed E-state index contributed by atoms with van der Waals surface area (Å²) in [5.41, 5.74) is -0.00774. The van der Waals surface area contributed by atoms with Crippen LogP contribution in [0.3, 0.4) is 0 Å². The highest BCUT2D eigenvalue weighted by atomic mass is 32.2. The summed E-state index contributed by atoms with van der Waals surface area (Å²) < 4.78 is 67.8. The smallest absolute Gasteiger partial charge is 0.417 e. The van der Waals surface area contributed by atoms with Gasteiger partial charge in [-0.15, -0.1) is 0 Å². The van der Waals surface area contributed by atoms with Crippen LogP contribution in [0.15, 0.2) is 71.6 Å². The zero-order valence-electron chi connectivity index (χ0n) is 16.1. The molecule has 6 nitrogen and oxygen atoms in total. The highest BCUT2D eigenvalue weighted by Gasteiger charge is 2.33. The molecule has 0 unspecified atom stereocenters. The Labute approximate surface area is 176 Å². The molecule has 1 amide bonds. The number of carbonyl (C=O) groups is 1. The number of carbonyl (C=O) groups excluding carboxylic acids is 1. The minimum absolute atomic E-state index is 0.00489. The summed E-state index contributed by atoms with van der Waals surface area (Å²) in [6.07, 6.45) is -4.51. The average Bonchev–Trinajstić information content (AvgIpc) is 2.72. The van der Waals surface area contributed by atoms with Gasteiger partial charge in [-0.05, 0) is 41.5 Å². The highest BCUT2D eigenvalue weighted by molar-refractivity contribution is 7.89. The van der Waals surface area contributed by atoms with Gasteiger partial charge in [0.2, 0.25) is 10.0 Å². The Morgan fingerprint density at radius 2 is 1.65 bits per heavy atom. The lowest BCUT2D eigenvalue weighted by Gasteiger charge is -2.13. The van der Waals surface area contributed by atoms with Gasteiger partial charge in [0.15, 0.2) is 0 Å². The molecule has 0 aliphatic carbocycles. The number of primary sulfonamides is 1. The first-order chi connectivity index (χ1) is 14.5. The molecule has 162 valence electrons. The van der Waals surface area contributed by atoms with Crippen LogP contribution in [0.25, 0.3) is 11.1 Å². The van der Waals surface area contributed by atoms with Crippen LogP contribution >= 0.6 is 0 Å². The summed E-state index contributed by atoms with van der Waals surface area (Å²) >= 11 is 0. The van der Waals surface area contributed by atoms with Crippen molar-refractivity contribution in [1.29, 1.82) is 0 Å². The number of amides is 1. The standard InChI is InChI=1S/C21H17F3N2O4S/c1-30-18-12-15(10-11-19(18)31(25,28)29)26-20(27)14-8-6-13(7-9-14)16-4-2-3-5-17(16)21(22,23)24/h2-12H,1H3,(H,26,27)(H2,25,28,29). The highest BCUT2D eigenvalue weighted by Crippen LogP contribution is 2.37. The fraction of sp³-hybridized carbons (Fsp3) is 0.0952. The number of anilines is 1. The summed E-state index contributed by atoms with van der Waals surface area (Å²) in [5, 5.41) is 7.68. The van der Waals surface area contributed by atoms with Gasteiger partial charge in [0.05, 0.1) is 12.7 Å². The van der Waals surface area contributed by atoms with Crippen LogP contribution in [0.5, 0.6) is 5.75 Å². The molecule has 0 aromatic heterocycles. The molecule has 0 saturated heterocycles. The van der Waals surface area contributed by atoms with Crippen molar-refractivity contribution in [2.24, 2.45) is 5.14 Å². The molecule has 3 rings (SSSR count). The first-order valence-corrected chi connectivity index (χ1v) is 10.3. The maximum absolute atomic E-state index is 13.2. The van der Waals surface area contributed by atoms with Crippen LogP contribution in [-0.2, 0) is 16.2 Å². The molecule has 0 bridgehead atoms. The molecule has 10 heteroatoms. The van der Waals surface area contributed by atoms with E-state index in [0.717, 1.165) is 6.07 Å². The van der Waals surface area contributed by atoms with Crippen molar-refractivity contribution in [2.75, 3.05) is 12.4 Å². The van der Waals surface area contributed by atoms with Gasteiger partial charge in [-0.2, -0.15) is 13.2 Å². The lowest BCUT2D eigenvalue weighted by Crippen LogP contribution is -2.15. The molecule has 0 aliphatic heterocycles. The maximum Gasteiger partial charge on any atom is 0.417 e. The van der Waals surface area contributed by atoms with Gasteiger partial charge < -0.3 is 10.1 Å². The monoisotopic (exact) mass is 450 g/mol. The van der Waals surface area contributed by atoms with Crippen molar-refractivity contribution in [1.82, 2.24) is 0 Å². The van der Waals surface area contributed by atoms with Crippen LogP contribution in [0.1, 0.15) is 15.9 Å². The number of rotatable bonds is 5. The van der Waals surface area contributed by atoms with Gasteiger partial charge in [-0.3, -0.25) is 4.79 Å². The van der Waals surface area contributed by atoms with E-state index in [1.807, 2.05) is 0 Å². The number of alkyl halides is 3. The molecule has 0 saturated carbocycles. The molecule has 3 aromatic rings. The molecule has 0 atom stereocenters. The second-order valence-electron chi connectivity index (χ2n) is 6.49. The number of sulfonamides is 1. The molecule has 3 N–H and O–H groups in total. The van der Waals surface area contributed by atoms with E-state index in [2.05, 4.69) is 5.32 Å².